The number of ketones is 1. The summed E-state index contributed by atoms with van der Waals surface area (Å²) in [5, 5.41) is 8.67. The van der Waals surface area contributed by atoms with E-state index in [1.807, 2.05) is 24.3 Å². The van der Waals surface area contributed by atoms with Crippen LogP contribution in [-0.2, 0) is 11.2 Å². The molecule has 0 aliphatic heterocycles. The van der Waals surface area contributed by atoms with Gasteiger partial charge in [0, 0.05) is 23.8 Å². The topological polar surface area (TPSA) is 82.0 Å². The SMILES string of the molecule is [NH3+]CC1CCC(C(=O)c2ccc(CCC(=O)O)cc2)CC1. The van der Waals surface area contributed by atoms with Crippen molar-refractivity contribution in [3.63, 3.8) is 0 Å². The molecule has 4 heteroatoms. The number of Topliss-reactive ketones (excluding diaryl/α,β-unsaturated/α-hetero) is 1. The zero-order valence-electron chi connectivity index (χ0n) is 12.4. The molecule has 1 saturated carbocycles. The van der Waals surface area contributed by atoms with Crippen LogP contribution < -0.4 is 5.73 Å². The zero-order valence-corrected chi connectivity index (χ0v) is 12.4. The quantitative estimate of drug-likeness (QED) is 0.785. The molecule has 0 heterocycles. The van der Waals surface area contributed by atoms with Gasteiger partial charge in [-0.15, -0.1) is 0 Å². The molecule has 0 atom stereocenters. The van der Waals surface area contributed by atoms with Crippen LogP contribution in [-0.4, -0.2) is 23.4 Å². The maximum absolute atomic E-state index is 12.5. The molecule has 21 heavy (non-hydrogen) atoms. The molecule has 114 valence electrons. The van der Waals surface area contributed by atoms with Crippen LogP contribution in [0.5, 0.6) is 0 Å². The first kappa shape index (κ1) is 15.7. The van der Waals surface area contributed by atoms with Crippen molar-refractivity contribution in [1.29, 1.82) is 0 Å². The molecule has 4 nitrogen and oxygen atoms in total. The van der Waals surface area contributed by atoms with E-state index in [4.69, 9.17) is 5.11 Å². The Bertz CT molecular complexity index is 487. The first-order chi connectivity index (χ1) is 10.1. The van der Waals surface area contributed by atoms with Crippen LogP contribution in [0.3, 0.4) is 0 Å². The molecule has 1 fully saturated rings. The van der Waals surface area contributed by atoms with Crippen LogP contribution in [0.1, 0.15) is 48.0 Å². The molecule has 1 aromatic rings. The molecule has 0 amide bonds. The van der Waals surface area contributed by atoms with E-state index >= 15 is 0 Å². The van der Waals surface area contributed by atoms with Gasteiger partial charge in [-0.25, -0.2) is 0 Å². The molecule has 0 unspecified atom stereocenters. The molecule has 0 aromatic heterocycles. The second-order valence-corrected chi connectivity index (χ2v) is 5.96. The van der Waals surface area contributed by atoms with Crippen molar-refractivity contribution in [2.75, 3.05) is 6.54 Å². The lowest BCUT2D eigenvalue weighted by atomic mass is 9.78. The normalized spacial score (nSPS) is 22.0. The van der Waals surface area contributed by atoms with Crippen molar-refractivity contribution >= 4 is 11.8 Å². The number of carboxylic acids is 1. The summed E-state index contributed by atoms with van der Waals surface area (Å²) in [6.07, 6.45) is 4.80. The number of aryl methyl sites for hydroxylation is 1. The van der Waals surface area contributed by atoms with Gasteiger partial charge in [0.25, 0.3) is 0 Å². The second kappa shape index (κ2) is 7.36. The summed E-state index contributed by atoms with van der Waals surface area (Å²) in [4.78, 5) is 23.0. The van der Waals surface area contributed by atoms with Crippen LogP contribution in [0.15, 0.2) is 24.3 Å². The molecule has 0 bridgehead atoms. The van der Waals surface area contributed by atoms with Gasteiger partial charge in [-0.3, -0.25) is 9.59 Å². The largest absolute Gasteiger partial charge is 0.481 e. The molecule has 0 radical (unpaired) electrons. The number of quaternary nitrogens is 1. The smallest absolute Gasteiger partial charge is 0.303 e. The maximum Gasteiger partial charge on any atom is 0.303 e. The average molecular weight is 290 g/mol. The monoisotopic (exact) mass is 290 g/mol. The van der Waals surface area contributed by atoms with Gasteiger partial charge in [0.05, 0.1) is 6.54 Å². The van der Waals surface area contributed by atoms with E-state index in [-0.39, 0.29) is 18.1 Å². The summed E-state index contributed by atoms with van der Waals surface area (Å²) >= 11 is 0. The highest BCUT2D eigenvalue weighted by Gasteiger charge is 2.26. The fourth-order valence-electron chi connectivity index (χ4n) is 3.04. The summed E-state index contributed by atoms with van der Waals surface area (Å²) in [7, 11) is 0. The Kier molecular flexibility index (Phi) is 5.51. The molecule has 4 N–H and O–H groups in total. The fraction of sp³-hybridized carbons (Fsp3) is 0.529. The van der Waals surface area contributed by atoms with Crippen LogP contribution in [0.2, 0.25) is 0 Å². The number of carbonyl (C=O) groups is 2. The predicted molar refractivity (Wildman–Crippen MR) is 79.9 cm³/mol. The Morgan fingerprint density at radius 2 is 1.71 bits per heavy atom. The Labute approximate surface area is 125 Å². The number of benzene rings is 1. The summed E-state index contributed by atoms with van der Waals surface area (Å²) in [6, 6.07) is 7.43. The van der Waals surface area contributed by atoms with Gasteiger partial charge in [0.1, 0.15) is 0 Å². The van der Waals surface area contributed by atoms with E-state index < -0.39 is 5.97 Å². The van der Waals surface area contributed by atoms with Crippen molar-refractivity contribution < 1.29 is 20.4 Å². The highest BCUT2D eigenvalue weighted by Crippen LogP contribution is 2.30. The second-order valence-electron chi connectivity index (χ2n) is 5.96. The molecule has 1 aliphatic carbocycles. The molecule has 0 saturated heterocycles. The van der Waals surface area contributed by atoms with Gasteiger partial charge in [-0.05, 0) is 37.7 Å². The Hall–Kier alpha value is -1.68. The lowest BCUT2D eigenvalue weighted by Gasteiger charge is -2.25. The van der Waals surface area contributed by atoms with Crippen molar-refractivity contribution in [3.05, 3.63) is 35.4 Å². The highest BCUT2D eigenvalue weighted by molar-refractivity contribution is 5.97. The third kappa shape index (κ3) is 4.39. The van der Waals surface area contributed by atoms with Crippen LogP contribution in [0, 0.1) is 11.8 Å². The van der Waals surface area contributed by atoms with Crippen molar-refractivity contribution in [1.82, 2.24) is 0 Å². The first-order valence-electron chi connectivity index (χ1n) is 7.74. The van der Waals surface area contributed by atoms with Gasteiger partial charge in [-0.1, -0.05) is 24.3 Å². The van der Waals surface area contributed by atoms with E-state index in [0.717, 1.165) is 43.4 Å². The van der Waals surface area contributed by atoms with E-state index in [1.165, 1.54) is 0 Å². The zero-order chi connectivity index (χ0) is 15.2. The third-order valence-electron chi connectivity index (χ3n) is 4.49. The average Bonchev–Trinajstić information content (AvgIpc) is 2.53. The number of hydrogen-bond acceptors (Lipinski definition) is 2. The highest BCUT2D eigenvalue weighted by atomic mass is 16.4. The van der Waals surface area contributed by atoms with Gasteiger partial charge in [-0.2, -0.15) is 0 Å². The first-order valence-corrected chi connectivity index (χ1v) is 7.74. The molecule has 1 aromatic carbocycles. The van der Waals surface area contributed by atoms with Crippen LogP contribution >= 0.6 is 0 Å². The van der Waals surface area contributed by atoms with Crippen molar-refractivity contribution in [2.45, 2.75) is 38.5 Å². The van der Waals surface area contributed by atoms with Crippen LogP contribution in [0.4, 0.5) is 0 Å². The number of aliphatic carboxylic acids is 1. The van der Waals surface area contributed by atoms with E-state index in [9.17, 15) is 9.59 Å². The molecule has 2 rings (SSSR count). The fourth-order valence-corrected chi connectivity index (χ4v) is 3.04. The lowest BCUT2D eigenvalue weighted by Crippen LogP contribution is -2.54. The summed E-state index contributed by atoms with van der Waals surface area (Å²) in [5.41, 5.74) is 5.67. The lowest BCUT2D eigenvalue weighted by molar-refractivity contribution is -0.380. The standard InChI is InChI=1S/C17H23NO3/c18-11-13-3-8-15(9-4-13)17(21)14-6-1-12(2-7-14)5-10-16(19)20/h1-2,6-7,13,15H,3-5,8-11,18H2,(H,19,20)/p+1. The number of carboxylic acid groups (broad SMARTS) is 1. The minimum absolute atomic E-state index is 0.127. The van der Waals surface area contributed by atoms with E-state index in [0.29, 0.717) is 12.3 Å². The summed E-state index contributed by atoms with van der Waals surface area (Å²) in [5.74, 6) is 0.282. The maximum atomic E-state index is 12.5. The Morgan fingerprint density at radius 3 is 2.24 bits per heavy atom. The summed E-state index contributed by atoms with van der Waals surface area (Å²) < 4.78 is 0. The van der Waals surface area contributed by atoms with Gasteiger partial charge in [0.15, 0.2) is 5.78 Å². The van der Waals surface area contributed by atoms with E-state index in [1.54, 1.807) is 0 Å². The van der Waals surface area contributed by atoms with Crippen molar-refractivity contribution in [3.8, 4) is 0 Å². The van der Waals surface area contributed by atoms with Gasteiger partial charge < -0.3 is 10.8 Å². The molecular formula is C17H24NO3+. The van der Waals surface area contributed by atoms with Gasteiger partial charge in [0.2, 0.25) is 0 Å². The summed E-state index contributed by atoms with van der Waals surface area (Å²) in [6.45, 7) is 0.971. The molecule has 1 aliphatic rings. The molecule has 0 spiro atoms. The Balaban J connectivity index is 1.92. The minimum Gasteiger partial charge on any atom is -0.481 e. The molecular weight excluding hydrogens is 266 g/mol. The van der Waals surface area contributed by atoms with Crippen molar-refractivity contribution in [2.24, 2.45) is 11.8 Å². The minimum atomic E-state index is -0.794. The number of carbonyl (C=O) groups excluding carboxylic acids is 1. The van der Waals surface area contributed by atoms with Crippen LogP contribution in [0.25, 0.3) is 0 Å². The number of hydrogen-bond donors (Lipinski definition) is 2. The third-order valence-corrected chi connectivity index (χ3v) is 4.49. The Morgan fingerprint density at radius 1 is 1.10 bits per heavy atom. The predicted octanol–water partition coefficient (Wildman–Crippen LogP) is 1.93. The van der Waals surface area contributed by atoms with E-state index in [2.05, 4.69) is 5.73 Å². The van der Waals surface area contributed by atoms with Gasteiger partial charge >= 0.3 is 5.97 Å². The number of rotatable bonds is 6.